The second-order valence-electron chi connectivity index (χ2n) is 4.59. The topological polar surface area (TPSA) is 29.5 Å². The number of halogens is 2. The molecule has 0 heterocycles. The Morgan fingerprint density at radius 1 is 1.20 bits per heavy atom. The molecule has 4 heteroatoms. The molecule has 0 saturated heterocycles. The highest BCUT2D eigenvalue weighted by Gasteiger charge is 2.14. The Balaban J connectivity index is 2.26. The molecule has 0 bridgehead atoms. The van der Waals surface area contributed by atoms with E-state index in [1.807, 2.05) is 36.4 Å². The molecule has 1 N–H and O–H groups in total. The fourth-order valence-electron chi connectivity index (χ4n) is 2.19. The first-order valence-corrected chi connectivity index (χ1v) is 7.50. The number of rotatable bonds is 5. The van der Waals surface area contributed by atoms with Crippen molar-refractivity contribution >= 4 is 27.5 Å². The van der Waals surface area contributed by atoms with Crippen LogP contribution in [0.4, 0.5) is 0 Å². The maximum absolute atomic E-state index is 9.66. The fourth-order valence-corrected chi connectivity index (χ4v) is 2.65. The Labute approximate surface area is 132 Å². The second-order valence-corrected chi connectivity index (χ2v) is 5.94. The van der Waals surface area contributed by atoms with Crippen LogP contribution in [0.1, 0.15) is 17.0 Å². The van der Waals surface area contributed by atoms with Gasteiger partial charge in [0.25, 0.3) is 0 Å². The van der Waals surface area contributed by atoms with Gasteiger partial charge < -0.3 is 9.84 Å². The Morgan fingerprint density at radius 2 is 1.90 bits per heavy atom. The summed E-state index contributed by atoms with van der Waals surface area (Å²) in [7, 11) is 1.64. The number of benzene rings is 2. The average Bonchev–Trinajstić information content (AvgIpc) is 2.46. The molecule has 0 aliphatic carbocycles. The van der Waals surface area contributed by atoms with Crippen LogP contribution in [0, 0.1) is 0 Å². The molecule has 2 nitrogen and oxygen atoms in total. The third-order valence-corrected chi connectivity index (χ3v) is 4.03. The van der Waals surface area contributed by atoms with Crippen molar-refractivity contribution < 1.29 is 9.84 Å². The quantitative estimate of drug-likeness (QED) is 0.860. The highest BCUT2D eigenvalue weighted by Crippen LogP contribution is 2.29. The molecule has 106 valence electrons. The lowest BCUT2D eigenvalue weighted by atomic mass is 9.92. The van der Waals surface area contributed by atoms with Crippen LogP contribution in [-0.2, 0) is 6.42 Å². The van der Waals surface area contributed by atoms with Gasteiger partial charge >= 0.3 is 0 Å². The van der Waals surface area contributed by atoms with Crippen LogP contribution in [0.15, 0.2) is 46.9 Å². The van der Waals surface area contributed by atoms with Crippen molar-refractivity contribution in [2.75, 3.05) is 13.7 Å². The molecule has 0 amide bonds. The number of aliphatic hydroxyl groups is 1. The lowest BCUT2D eigenvalue weighted by Gasteiger charge is -2.17. The zero-order chi connectivity index (χ0) is 14.5. The highest BCUT2D eigenvalue weighted by molar-refractivity contribution is 9.10. The van der Waals surface area contributed by atoms with Crippen LogP contribution >= 0.6 is 27.5 Å². The van der Waals surface area contributed by atoms with E-state index >= 15 is 0 Å². The summed E-state index contributed by atoms with van der Waals surface area (Å²) in [6, 6.07) is 13.5. The van der Waals surface area contributed by atoms with Crippen molar-refractivity contribution in [3.63, 3.8) is 0 Å². The average molecular weight is 356 g/mol. The summed E-state index contributed by atoms with van der Waals surface area (Å²) in [5.74, 6) is 0.820. The molecule has 2 rings (SSSR count). The number of hydrogen-bond acceptors (Lipinski definition) is 2. The predicted octanol–water partition coefficient (Wildman–Crippen LogP) is 4.43. The van der Waals surface area contributed by atoms with Gasteiger partial charge in [0.1, 0.15) is 5.75 Å². The van der Waals surface area contributed by atoms with Crippen LogP contribution in [-0.4, -0.2) is 18.8 Å². The van der Waals surface area contributed by atoms with Crippen LogP contribution in [0.5, 0.6) is 5.75 Å². The molecule has 2 aromatic carbocycles. The molecule has 0 spiro atoms. The SMILES string of the molecule is COc1ccc(Cl)cc1CC(CO)c1ccc(Br)cc1. The minimum Gasteiger partial charge on any atom is -0.496 e. The van der Waals surface area contributed by atoms with Gasteiger partial charge in [-0.1, -0.05) is 39.7 Å². The molecule has 1 atom stereocenters. The van der Waals surface area contributed by atoms with Gasteiger partial charge in [-0.2, -0.15) is 0 Å². The van der Waals surface area contributed by atoms with E-state index in [0.29, 0.717) is 11.4 Å². The monoisotopic (exact) mass is 354 g/mol. The standard InChI is InChI=1S/C16H16BrClO2/c1-20-16-7-6-15(18)9-12(16)8-13(10-19)11-2-4-14(17)5-3-11/h2-7,9,13,19H,8,10H2,1H3. The first kappa shape index (κ1) is 15.4. The molecule has 2 aromatic rings. The normalized spacial score (nSPS) is 12.2. The Hall–Kier alpha value is -1.03. The number of aliphatic hydroxyl groups excluding tert-OH is 1. The molecule has 0 aliphatic rings. The minimum atomic E-state index is 0.0236. The van der Waals surface area contributed by atoms with E-state index < -0.39 is 0 Å². The van der Waals surface area contributed by atoms with Crippen molar-refractivity contribution in [3.05, 3.63) is 63.1 Å². The molecule has 0 aromatic heterocycles. The van der Waals surface area contributed by atoms with Gasteiger partial charge in [0.2, 0.25) is 0 Å². The lowest BCUT2D eigenvalue weighted by molar-refractivity contribution is 0.263. The van der Waals surface area contributed by atoms with E-state index in [0.717, 1.165) is 21.3 Å². The van der Waals surface area contributed by atoms with Crippen LogP contribution < -0.4 is 4.74 Å². The summed E-state index contributed by atoms with van der Waals surface area (Å²) in [5.41, 5.74) is 2.10. The molecular weight excluding hydrogens is 340 g/mol. The van der Waals surface area contributed by atoms with Crippen molar-refractivity contribution in [2.45, 2.75) is 12.3 Å². The van der Waals surface area contributed by atoms with Gasteiger partial charge in [0, 0.05) is 15.4 Å². The lowest BCUT2D eigenvalue weighted by Crippen LogP contribution is -2.08. The van der Waals surface area contributed by atoms with E-state index in [2.05, 4.69) is 15.9 Å². The van der Waals surface area contributed by atoms with Crippen molar-refractivity contribution in [2.24, 2.45) is 0 Å². The Bertz CT molecular complexity index is 569. The van der Waals surface area contributed by atoms with Gasteiger partial charge in [-0.15, -0.1) is 0 Å². The fraction of sp³-hybridized carbons (Fsp3) is 0.250. The molecule has 0 aliphatic heterocycles. The highest BCUT2D eigenvalue weighted by atomic mass is 79.9. The zero-order valence-electron chi connectivity index (χ0n) is 11.1. The van der Waals surface area contributed by atoms with E-state index in [-0.39, 0.29) is 12.5 Å². The molecule has 1 unspecified atom stereocenters. The van der Waals surface area contributed by atoms with Crippen molar-refractivity contribution in [1.29, 1.82) is 0 Å². The molecular formula is C16H16BrClO2. The number of ether oxygens (including phenoxy) is 1. The third kappa shape index (κ3) is 3.75. The second kappa shape index (κ2) is 7.11. The zero-order valence-corrected chi connectivity index (χ0v) is 13.5. The van der Waals surface area contributed by atoms with Crippen LogP contribution in [0.25, 0.3) is 0 Å². The van der Waals surface area contributed by atoms with Crippen molar-refractivity contribution in [1.82, 2.24) is 0 Å². The van der Waals surface area contributed by atoms with Gasteiger partial charge in [0.05, 0.1) is 13.7 Å². The maximum Gasteiger partial charge on any atom is 0.122 e. The van der Waals surface area contributed by atoms with E-state index in [1.165, 1.54) is 0 Å². The van der Waals surface area contributed by atoms with Crippen LogP contribution in [0.2, 0.25) is 5.02 Å². The molecule has 0 radical (unpaired) electrons. The Kier molecular flexibility index (Phi) is 5.46. The van der Waals surface area contributed by atoms with Gasteiger partial charge in [0.15, 0.2) is 0 Å². The first-order valence-electron chi connectivity index (χ1n) is 6.32. The predicted molar refractivity (Wildman–Crippen MR) is 85.7 cm³/mol. The summed E-state index contributed by atoms with van der Waals surface area (Å²) in [4.78, 5) is 0. The third-order valence-electron chi connectivity index (χ3n) is 3.27. The summed E-state index contributed by atoms with van der Waals surface area (Å²) < 4.78 is 6.38. The minimum absolute atomic E-state index is 0.0236. The molecule has 0 fully saturated rings. The van der Waals surface area contributed by atoms with E-state index in [9.17, 15) is 5.11 Å². The molecule has 20 heavy (non-hydrogen) atoms. The van der Waals surface area contributed by atoms with E-state index in [4.69, 9.17) is 16.3 Å². The van der Waals surface area contributed by atoms with Gasteiger partial charge in [-0.05, 0) is 47.9 Å². The van der Waals surface area contributed by atoms with Gasteiger partial charge in [-0.25, -0.2) is 0 Å². The first-order chi connectivity index (χ1) is 9.63. The maximum atomic E-state index is 9.66. The summed E-state index contributed by atoms with van der Waals surface area (Å²) in [6.45, 7) is 0.0807. The van der Waals surface area contributed by atoms with Crippen molar-refractivity contribution in [3.8, 4) is 5.75 Å². The van der Waals surface area contributed by atoms with Crippen LogP contribution in [0.3, 0.4) is 0 Å². The summed E-state index contributed by atoms with van der Waals surface area (Å²) in [5, 5.41) is 10.3. The summed E-state index contributed by atoms with van der Waals surface area (Å²) >= 11 is 9.46. The largest absolute Gasteiger partial charge is 0.496 e. The smallest absolute Gasteiger partial charge is 0.122 e. The Morgan fingerprint density at radius 3 is 2.50 bits per heavy atom. The number of methoxy groups -OCH3 is 1. The van der Waals surface area contributed by atoms with Gasteiger partial charge in [-0.3, -0.25) is 0 Å². The van der Waals surface area contributed by atoms with E-state index in [1.54, 1.807) is 13.2 Å². The number of hydrogen-bond donors (Lipinski definition) is 1. The molecule has 0 saturated carbocycles. The summed E-state index contributed by atoms with van der Waals surface area (Å²) in [6.07, 6.45) is 0.682.